The summed E-state index contributed by atoms with van der Waals surface area (Å²) in [4.78, 5) is 21.3. The summed E-state index contributed by atoms with van der Waals surface area (Å²) < 4.78 is 0. The average molecular weight is 356 g/mol. The van der Waals surface area contributed by atoms with E-state index in [0.29, 0.717) is 23.2 Å². The Kier molecular flexibility index (Phi) is 7.16. The van der Waals surface area contributed by atoms with E-state index in [4.69, 9.17) is 9.94 Å². The van der Waals surface area contributed by atoms with E-state index >= 15 is 0 Å². The lowest BCUT2D eigenvalue weighted by molar-refractivity contribution is 0.0595. The van der Waals surface area contributed by atoms with Crippen LogP contribution in [-0.2, 0) is 4.84 Å². The van der Waals surface area contributed by atoms with Gasteiger partial charge in [-0.25, -0.2) is 20.1 Å². The first-order chi connectivity index (χ1) is 12.4. The zero-order valence-electron chi connectivity index (χ0n) is 15.9. The molecule has 0 aromatic heterocycles. The molecule has 0 bridgehead atoms. The molecule has 0 aliphatic carbocycles. The number of allylic oxidation sites excluding steroid dienone is 3. The standard InChI is InChI=1S/C21H28N2O3/c1-5-16(9-6-8-15(4)12-14(2)3)20-22-19(23-26-20)17-10-7-11-18(13-17)21(24)25/h5-8,10-11,13-15,20H,9,12H2,1-4H3,(H,22,23)(H,24,25)/b8-6-,16-5+. The molecule has 1 aromatic rings. The largest absolute Gasteiger partial charge is 0.478 e. The number of hydrogen-bond acceptors (Lipinski definition) is 4. The maximum absolute atomic E-state index is 11.1. The van der Waals surface area contributed by atoms with Crippen LogP contribution in [0.5, 0.6) is 0 Å². The van der Waals surface area contributed by atoms with Gasteiger partial charge >= 0.3 is 5.97 Å². The lowest BCUT2D eigenvalue weighted by atomic mass is 9.98. The van der Waals surface area contributed by atoms with E-state index in [-0.39, 0.29) is 5.56 Å². The molecule has 140 valence electrons. The lowest BCUT2D eigenvalue weighted by Gasteiger charge is -2.11. The fourth-order valence-corrected chi connectivity index (χ4v) is 2.99. The van der Waals surface area contributed by atoms with Gasteiger partial charge in [0.25, 0.3) is 0 Å². The van der Waals surface area contributed by atoms with Crippen LogP contribution in [0, 0.1) is 11.8 Å². The number of nitrogens with one attached hydrogen (secondary N) is 1. The molecule has 1 aromatic carbocycles. The van der Waals surface area contributed by atoms with Crippen LogP contribution < -0.4 is 5.48 Å². The van der Waals surface area contributed by atoms with Crippen molar-refractivity contribution in [2.45, 2.75) is 46.8 Å². The summed E-state index contributed by atoms with van der Waals surface area (Å²) in [5, 5.41) is 9.12. The van der Waals surface area contributed by atoms with Crippen molar-refractivity contribution >= 4 is 11.8 Å². The summed E-state index contributed by atoms with van der Waals surface area (Å²) in [5.74, 6) is 0.827. The second-order valence-corrected chi connectivity index (χ2v) is 7.04. The summed E-state index contributed by atoms with van der Waals surface area (Å²) in [6.07, 6.45) is 7.98. The summed E-state index contributed by atoms with van der Waals surface area (Å²) >= 11 is 0. The molecule has 0 saturated heterocycles. The van der Waals surface area contributed by atoms with Gasteiger partial charge in [-0.1, -0.05) is 51.1 Å². The molecule has 0 spiro atoms. The molecule has 5 nitrogen and oxygen atoms in total. The molecular formula is C21H28N2O3. The molecule has 1 aliphatic rings. The fourth-order valence-electron chi connectivity index (χ4n) is 2.99. The molecule has 5 heteroatoms. The molecular weight excluding hydrogens is 328 g/mol. The summed E-state index contributed by atoms with van der Waals surface area (Å²) in [7, 11) is 0. The molecule has 1 aliphatic heterocycles. The van der Waals surface area contributed by atoms with Crippen molar-refractivity contribution in [2.75, 3.05) is 0 Å². The van der Waals surface area contributed by atoms with Crippen LogP contribution in [-0.4, -0.2) is 23.1 Å². The molecule has 2 rings (SSSR count). The van der Waals surface area contributed by atoms with Gasteiger partial charge in [-0.05, 0) is 49.3 Å². The quantitative estimate of drug-likeness (QED) is 0.670. The highest BCUT2D eigenvalue weighted by Crippen LogP contribution is 2.20. The molecule has 26 heavy (non-hydrogen) atoms. The van der Waals surface area contributed by atoms with Crippen molar-refractivity contribution < 1.29 is 14.7 Å². The third-order valence-electron chi connectivity index (χ3n) is 4.25. The smallest absolute Gasteiger partial charge is 0.335 e. The second kappa shape index (κ2) is 9.34. The Morgan fingerprint density at radius 2 is 2.15 bits per heavy atom. The van der Waals surface area contributed by atoms with Gasteiger partial charge in [0.15, 0.2) is 12.1 Å². The Hall–Kier alpha value is -2.40. The van der Waals surface area contributed by atoms with Crippen LogP contribution in [0.4, 0.5) is 0 Å². The predicted octanol–water partition coefficient (Wildman–Crippen LogP) is 4.57. The number of carboxylic acids is 1. The molecule has 0 fully saturated rings. The Bertz CT molecular complexity index is 720. The number of aromatic carboxylic acids is 1. The van der Waals surface area contributed by atoms with Crippen LogP contribution >= 0.6 is 0 Å². The lowest BCUT2D eigenvalue weighted by Crippen LogP contribution is -2.20. The number of hydrogen-bond donors (Lipinski definition) is 2. The van der Waals surface area contributed by atoms with Gasteiger partial charge in [0.2, 0.25) is 0 Å². The van der Waals surface area contributed by atoms with Gasteiger partial charge in [0.1, 0.15) is 0 Å². The zero-order valence-corrected chi connectivity index (χ0v) is 15.9. The van der Waals surface area contributed by atoms with Gasteiger partial charge < -0.3 is 5.11 Å². The summed E-state index contributed by atoms with van der Waals surface area (Å²) in [6.45, 7) is 8.67. The summed E-state index contributed by atoms with van der Waals surface area (Å²) in [6, 6.07) is 6.65. The van der Waals surface area contributed by atoms with Crippen molar-refractivity contribution in [1.29, 1.82) is 0 Å². The first-order valence-corrected chi connectivity index (χ1v) is 9.05. The molecule has 2 atom stereocenters. The SMILES string of the molecule is C/C=C(\C/C=C\C(C)CC(C)C)C1N=C(c2cccc(C(=O)O)c2)NO1. The Balaban J connectivity index is 2.03. The highest BCUT2D eigenvalue weighted by molar-refractivity contribution is 6.01. The maximum Gasteiger partial charge on any atom is 0.335 e. The Morgan fingerprint density at radius 3 is 2.81 bits per heavy atom. The average Bonchev–Trinajstić information content (AvgIpc) is 3.08. The second-order valence-electron chi connectivity index (χ2n) is 7.04. The number of benzene rings is 1. The molecule has 1 heterocycles. The van der Waals surface area contributed by atoms with Crippen LogP contribution in [0.1, 0.15) is 56.5 Å². The van der Waals surface area contributed by atoms with Gasteiger partial charge in [-0.2, -0.15) is 0 Å². The van der Waals surface area contributed by atoms with E-state index in [1.807, 2.05) is 19.1 Å². The Morgan fingerprint density at radius 1 is 1.38 bits per heavy atom. The summed E-state index contributed by atoms with van der Waals surface area (Å²) in [5.41, 5.74) is 4.81. The Labute approximate surface area is 155 Å². The van der Waals surface area contributed by atoms with Crippen molar-refractivity contribution in [3.8, 4) is 0 Å². The highest BCUT2D eigenvalue weighted by atomic mass is 16.7. The first-order valence-electron chi connectivity index (χ1n) is 9.05. The normalized spacial score (nSPS) is 18.9. The first kappa shape index (κ1) is 19.9. The van der Waals surface area contributed by atoms with E-state index in [1.165, 1.54) is 6.42 Å². The minimum absolute atomic E-state index is 0.226. The molecule has 0 amide bonds. The monoisotopic (exact) mass is 356 g/mol. The van der Waals surface area contributed by atoms with E-state index in [2.05, 4.69) is 43.4 Å². The zero-order chi connectivity index (χ0) is 19.1. The van der Waals surface area contributed by atoms with Crippen LogP contribution in [0.25, 0.3) is 0 Å². The van der Waals surface area contributed by atoms with Crippen molar-refractivity contribution in [2.24, 2.45) is 16.8 Å². The van der Waals surface area contributed by atoms with Gasteiger partial charge in [-0.3, -0.25) is 0 Å². The molecule has 0 radical (unpaired) electrons. The van der Waals surface area contributed by atoms with Crippen molar-refractivity contribution in [3.05, 3.63) is 59.2 Å². The maximum atomic E-state index is 11.1. The number of aliphatic imine (C=N–C) groups is 1. The topological polar surface area (TPSA) is 70.9 Å². The molecule has 2 N–H and O–H groups in total. The van der Waals surface area contributed by atoms with Crippen molar-refractivity contribution in [1.82, 2.24) is 5.48 Å². The van der Waals surface area contributed by atoms with E-state index in [9.17, 15) is 4.79 Å². The fraction of sp³-hybridized carbons (Fsp3) is 0.429. The minimum atomic E-state index is -0.960. The molecule has 0 saturated carbocycles. The minimum Gasteiger partial charge on any atom is -0.478 e. The van der Waals surface area contributed by atoms with Crippen LogP contribution in [0.15, 0.2) is 53.1 Å². The number of amidine groups is 1. The van der Waals surface area contributed by atoms with Gasteiger partial charge in [-0.15, -0.1) is 0 Å². The van der Waals surface area contributed by atoms with Crippen LogP contribution in [0.3, 0.4) is 0 Å². The third-order valence-corrected chi connectivity index (χ3v) is 4.25. The highest BCUT2D eigenvalue weighted by Gasteiger charge is 2.22. The number of hydroxylamine groups is 1. The number of carboxylic acid groups (broad SMARTS) is 1. The van der Waals surface area contributed by atoms with E-state index in [0.717, 1.165) is 12.0 Å². The van der Waals surface area contributed by atoms with Crippen LogP contribution in [0.2, 0.25) is 0 Å². The van der Waals surface area contributed by atoms with E-state index < -0.39 is 12.2 Å². The molecule has 2 unspecified atom stereocenters. The van der Waals surface area contributed by atoms with Crippen molar-refractivity contribution in [3.63, 3.8) is 0 Å². The predicted molar refractivity (Wildman–Crippen MR) is 104 cm³/mol. The number of carbonyl (C=O) groups is 1. The third kappa shape index (κ3) is 5.56. The van der Waals surface area contributed by atoms with Gasteiger partial charge in [0, 0.05) is 5.56 Å². The number of nitrogens with zero attached hydrogens (tertiary/aromatic N) is 1. The van der Waals surface area contributed by atoms with E-state index in [1.54, 1.807) is 18.2 Å². The number of rotatable bonds is 8. The van der Waals surface area contributed by atoms with Gasteiger partial charge in [0.05, 0.1) is 5.56 Å².